The Hall–Kier alpha value is -0.610. The fourth-order valence-corrected chi connectivity index (χ4v) is 1.53. The van der Waals surface area contributed by atoms with E-state index in [0.29, 0.717) is 19.0 Å². The Bertz CT molecular complexity index is 227. The van der Waals surface area contributed by atoms with Gasteiger partial charge in [0.1, 0.15) is 0 Å². The number of nitrogens with one attached hydrogen (secondary N) is 1. The first-order chi connectivity index (χ1) is 7.80. The van der Waals surface area contributed by atoms with Gasteiger partial charge < -0.3 is 11.1 Å². The Kier molecular flexibility index (Phi) is 7.39. The fraction of sp³-hybridized carbons (Fsp3) is 0.923. The molecule has 102 valence electrons. The molecule has 0 bridgehead atoms. The van der Waals surface area contributed by atoms with Gasteiger partial charge in [0.15, 0.2) is 0 Å². The Balaban J connectivity index is 4.08. The van der Waals surface area contributed by atoms with Crippen LogP contribution in [0.3, 0.4) is 0 Å². The van der Waals surface area contributed by atoms with Gasteiger partial charge in [0.25, 0.3) is 0 Å². The van der Waals surface area contributed by atoms with Crippen molar-refractivity contribution in [2.24, 2.45) is 17.1 Å². The molecule has 0 aromatic rings. The van der Waals surface area contributed by atoms with Crippen molar-refractivity contribution in [2.45, 2.75) is 34.6 Å². The summed E-state index contributed by atoms with van der Waals surface area (Å²) in [6.07, 6.45) is 0. The molecule has 4 nitrogen and oxygen atoms in total. The molecule has 0 aromatic heterocycles. The number of hydrogen-bond acceptors (Lipinski definition) is 3. The van der Waals surface area contributed by atoms with Gasteiger partial charge in [-0.2, -0.15) is 0 Å². The Morgan fingerprint density at radius 3 is 2.41 bits per heavy atom. The first-order valence-corrected chi connectivity index (χ1v) is 6.50. The molecule has 0 radical (unpaired) electrons. The second-order valence-electron chi connectivity index (χ2n) is 5.87. The highest BCUT2D eigenvalue weighted by Crippen LogP contribution is 2.14. The number of likely N-dealkylation sites (N-methyl/N-ethyl adjacent to an activating group) is 1. The average molecular weight is 243 g/mol. The molecule has 0 heterocycles. The molecule has 17 heavy (non-hydrogen) atoms. The predicted molar refractivity (Wildman–Crippen MR) is 72.8 cm³/mol. The van der Waals surface area contributed by atoms with Crippen LogP contribution in [0.5, 0.6) is 0 Å². The van der Waals surface area contributed by atoms with Crippen LogP contribution in [-0.4, -0.2) is 43.5 Å². The fourth-order valence-electron chi connectivity index (χ4n) is 1.53. The van der Waals surface area contributed by atoms with E-state index < -0.39 is 0 Å². The van der Waals surface area contributed by atoms with Crippen molar-refractivity contribution in [3.8, 4) is 0 Å². The van der Waals surface area contributed by atoms with Crippen LogP contribution in [-0.2, 0) is 4.79 Å². The van der Waals surface area contributed by atoms with E-state index in [-0.39, 0.29) is 11.3 Å². The van der Waals surface area contributed by atoms with Crippen molar-refractivity contribution < 1.29 is 4.79 Å². The van der Waals surface area contributed by atoms with Crippen molar-refractivity contribution in [3.63, 3.8) is 0 Å². The number of hydrogen-bond donors (Lipinski definition) is 2. The monoisotopic (exact) mass is 243 g/mol. The van der Waals surface area contributed by atoms with Crippen molar-refractivity contribution in [1.29, 1.82) is 0 Å². The van der Waals surface area contributed by atoms with Crippen LogP contribution < -0.4 is 11.1 Å². The number of amides is 1. The second-order valence-corrected chi connectivity index (χ2v) is 5.87. The van der Waals surface area contributed by atoms with Crippen molar-refractivity contribution >= 4 is 5.91 Å². The van der Waals surface area contributed by atoms with Crippen LogP contribution in [0, 0.1) is 11.3 Å². The summed E-state index contributed by atoms with van der Waals surface area (Å²) in [5, 5.41) is 2.94. The van der Waals surface area contributed by atoms with Gasteiger partial charge in [-0.25, -0.2) is 0 Å². The minimum atomic E-state index is 0.0638. The lowest BCUT2D eigenvalue weighted by molar-refractivity contribution is -0.122. The molecule has 0 unspecified atom stereocenters. The summed E-state index contributed by atoms with van der Waals surface area (Å²) in [7, 11) is 0. The average Bonchev–Trinajstić information content (AvgIpc) is 2.25. The Morgan fingerprint density at radius 1 is 1.41 bits per heavy atom. The summed E-state index contributed by atoms with van der Waals surface area (Å²) < 4.78 is 0. The van der Waals surface area contributed by atoms with Crippen LogP contribution in [0.2, 0.25) is 0 Å². The minimum Gasteiger partial charge on any atom is -0.355 e. The Labute approximate surface area is 106 Å². The zero-order valence-electron chi connectivity index (χ0n) is 12.0. The molecule has 0 aliphatic rings. The van der Waals surface area contributed by atoms with E-state index in [9.17, 15) is 4.79 Å². The van der Waals surface area contributed by atoms with Crippen LogP contribution in [0.15, 0.2) is 0 Å². The van der Waals surface area contributed by atoms with E-state index in [2.05, 4.69) is 44.8 Å². The van der Waals surface area contributed by atoms with Gasteiger partial charge in [0, 0.05) is 13.1 Å². The number of nitrogens with two attached hydrogens (primary N) is 1. The molecule has 3 N–H and O–H groups in total. The predicted octanol–water partition coefficient (Wildman–Crippen LogP) is 1.07. The number of nitrogens with zero attached hydrogens (tertiary/aromatic N) is 1. The zero-order valence-corrected chi connectivity index (χ0v) is 12.0. The number of rotatable bonds is 8. The molecule has 1 amide bonds. The maximum Gasteiger partial charge on any atom is 0.234 e. The molecule has 0 aliphatic heterocycles. The lowest BCUT2D eigenvalue weighted by atomic mass is 9.93. The van der Waals surface area contributed by atoms with Gasteiger partial charge in [0.05, 0.1) is 6.54 Å². The quantitative estimate of drug-likeness (QED) is 0.670. The molecule has 0 saturated carbocycles. The first kappa shape index (κ1) is 16.4. The minimum absolute atomic E-state index is 0.0638. The maximum atomic E-state index is 11.7. The van der Waals surface area contributed by atoms with Gasteiger partial charge in [-0.05, 0) is 24.4 Å². The van der Waals surface area contributed by atoms with E-state index in [4.69, 9.17) is 5.73 Å². The van der Waals surface area contributed by atoms with E-state index in [1.165, 1.54) is 0 Å². The van der Waals surface area contributed by atoms with Crippen LogP contribution in [0.1, 0.15) is 34.6 Å². The van der Waals surface area contributed by atoms with Crippen LogP contribution >= 0.6 is 0 Å². The van der Waals surface area contributed by atoms with E-state index in [1.807, 2.05) is 0 Å². The number of carbonyl (C=O) groups is 1. The van der Waals surface area contributed by atoms with E-state index >= 15 is 0 Å². The summed E-state index contributed by atoms with van der Waals surface area (Å²) in [6.45, 7) is 14.1. The Morgan fingerprint density at radius 2 is 2.00 bits per heavy atom. The van der Waals surface area contributed by atoms with Gasteiger partial charge in [-0.15, -0.1) is 0 Å². The molecule has 0 aromatic carbocycles. The van der Waals surface area contributed by atoms with Crippen molar-refractivity contribution in [3.05, 3.63) is 0 Å². The smallest absolute Gasteiger partial charge is 0.234 e. The molecule has 0 atom stereocenters. The van der Waals surface area contributed by atoms with Gasteiger partial charge >= 0.3 is 0 Å². The van der Waals surface area contributed by atoms with Crippen molar-refractivity contribution in [2.75, 3.05) is 32.7 Å². The lowest BCUT2D eigenvalue weighted by Gasteiger charge is -2.30. The molecule has 0 spiro atoms. The number of carbonyl (C=O) groups excluding carboxylic acids is 1. The highest BCUT2D eigenvalue weighted by molar-refractivity contribution is 5.77. The third kappa shape index (κ3) is 8.16. The van der Waals surface area contributed by atoms with E-state index in [0.717, 1.165) is 19.6 Å². The summed E-state index contributed by atoms with van der Waals surface area (Å²) in [5.74, 6) is 0.600. The summed E-state index contributed by atoms with van der Waals surface area (Å²) in [5.41, 5.74) is 5.78. The van der Waals surface area contributed by atoms with Crippen LogP contribution in [0.4, 0.5) is 0 Å². The molecule has 0 saturated heterocycles. The standard InChI is InChI=1S/C13H29N3O/c1-6-16(10-13(4,5)9-14)8-12(17)15-7-11(2)3/h11H,6-10,14H2,1-5H3,(H,15,17). The largest absolute Gasteiger partial charge is 0.355 e. The highest BCUT2D eigenvalue weighted by atomic mass is 16.2. The molecule has 0 fully saturated rings. The summed E-state index contributed by atoms with van der Waals surface area (Å²) in [4.78, 5) is 13.8. The summed E-state index contributed by atoms with van der Waals surface area (Å²) >= 11 is 0. The third-order valence-corrected chi connectivity index (χ3v) is 2.73. The molecular formula is C13H29N3O. The topological polar surface area (TPSA) is 58.4 Å². The normalized spacial score (nSPS) is 12.2. The zero-order chi connectivity index (χ0) is 13.5. The molecule has 0 aliphatic carbocycles. The molecule has 0 rings (SSSR count). The second kappa shape index (κ2) is 7.67. The highest BCUT2D eigenvalue weighted by Gasteiger charge is 2.20. The summed E-state index contributed by atoms with van der Waals surface area (Å²) in [6, 6.07) is 0. The van der Waals surface area contributed by atoms with E-state index in [1.54, 1.807) is 0 Å². The first-order valence-electron chi connectivity index (χ1n) is 6.50. The molecular weight excluding hydrogens is 214 g/mol. The lowest BCUT2D eigenvalue weighted by Crippen LogP contribution is -2.44. The molecule has 4 heteroatoms. The van der Waals surface area contributed by atoms with Crippen LogP contribution in [0.25, 0.3) is 0 Å². The van der Waals surface area contributed by atoms with Crippen molar-refractivity contribution in [1.82, 2.24) is 10.2 Å². The van der Waals surface area contributed by atoms with Gasteiger partial charge in [-0.3, -0.25) is 9.69 Å². The third-order valence-electron chi connectivity index (χ3n) is 2.73. The maximum absolute atomic E-state index is 11.7. The SMILES string of the molecule is CCN(CC(=O)NCC(C)C)CC(C)(C)CN. The van der Waals surface area contributed by atoms with Gasteiger partial charge in [-0.1, -0.05) is 34.6 Å². The van der Waals surface area contributed by atoms with Gasteiger partial charge in [0.2, 0.25) is 5.91 Å².